The van der Waals surface area contributed by atoms with Gasteiger partial charge in [-0.1, -0.05) is 42.5 Å². The molecule has 16 heavy (non-hydrogen) atoms. The van der Waals surface area contributed by atoms with Gasteiger partial charge in [0.05, 0.1) is 0 Å². The van der Waals surface area contributed by atoms with E-state index in [1.165, 1.54) is 16.8 Å². The molecule has 0 saturated carbocycles. The van der Waals surface area contributed by atoms with Crippen LogP contribution in [0.15, 0.2) is 54.6 Å². The van der Waals surface area contributed by atoms with Crippen LogP contribution in [0.2, 0.25) is 0 Å². The summed E-state index contributed by atoms with van der Waals surface area (Å²) in [6, 6.07) is 8.65. The van der Waals surface area contributed by atoms with E-state index >= 15 is 0 Å². The van der Waals surface area contributed by atoms with Gasteiger partial charge in [0.1, 0.15) is 0 Å². The summed E-state index contributed by atoms with van der Waals surface area (Å²) in [6.45, 7) is 0. The second kappa shape index (κ2) is 4.84. The highest BCUT2D eigenvalue weighted by Crippen LogP contribution is 2.21. The molecule has 2 rings (SSSR count). The van der Waals surface area contributed by atoms with Crippen molar-refractivity contribution >= 4 is 11.3 Å². The van der Waals surface area contributed by atoms with E-state index in [0.717, 1.165) is 6.42 Å². The van der Waals surface area contributed by atoms with Crippen LogP contribution in [0.3, 0.4) is 0 Å². The third-order valence-electron chi connectivity index (χ3n) is 2.70. The molecule has 0 spiro atoms. The van der Waals surface area contributed by atoms with E-state index in [0.29, 0.717) is 0 Å². The maximum atomic E-state index is 2.19. The highest BCUT2D eigenvalue weighted by atomic mass is 15.1. The second-order valence-electron chi connectivity index (χ2n) is 4.13. The number of hydrogen-bond acceptors (Lipinski definition) is 1. The molecule has 0 aliphatic heterocycles. The average molecular weight is 211 g/mol. The van der Waals surface area contributed by atoms with Gasteiger partial charge in [0.25, 0.3) is 0 Å². The molecule has 0 radical (unpaired) electrons. The van der Waals surface area contributed by atoms with Crippen molar-refractivity contribution in [1.29, 1.82) is 0 Å². The minimum atomic E-state index is 1.02. The Hall–Kier alpha value is -1.76. The molecule has 1 aromatic rings. The van der Waals surface area contributed by atoms with Crippen LogP contribution in [0.5, 0.6) is 0 Å². The molecule has 1 aromatic carbocycles. The number of hydrogen-bond donors (Lipinski definition) is 0. The van der Waals surface area contributed by atoms with Crippen LogP contribution in [-0.4, -0.2) is 14.1 Å². The first-order valence-electron chi connectivity index (χ1n) is 5.58. The lowest BCUT2D eigenvalue weighted by molar-refractivity contribution is 1.13. The van der Waals surface area contributed by atoms with Crippen LogP contribution in [0, 0.1) is 0 Å². The Kier molecular flexibility index (Phi) is 3.25. The van der Waals surface area contributed by atoms with Gasteiger partial charge in [0.2, 0.25) is 0 Å². The largest absolute Gasteiger partial charge is 0.378 e. The first kappa shape index (κ1) is 10.7. The second-order valence-corrected chi connectivity index (χ2v) is 4.13. The van der Waals surface area contributed by atoms with Crippen LogP contribution >= 0.6 is 0 Å². The number of nitrogens with zero attached hydrogens (tertiary/aromatic N) is 1. The lowest BCUT2D eigenvalue weighted by Gasteiger charge is -2.12. The molecule has 0 bridgehead atoms. The highest BCUT2D eigenvalue weighted by molar-refractivity contribution is 5.76. The van der Waals surface area contributed by atoms with Crippen molar-refractivity contribution in [1.82, 2.24) is 0 Å². The first-order valence-corrected chi connectivity index (χ1v) is 5.58. The van der Waals surface area contributed by atoms with E-state index in [9.17, 15) is 0 Å². The lowest BCUT2D eigenvalue weighted by atomic mass is 10.0. The molecule has 0 heterocycles. The summed E-state index contributed by atoms with van der Waals surface area (Å²) in [6.07, 6.45) is 11.8. The van der Waals surface area contributed by atoms with Crippen LogP contribution in [0.25, 0.3) is 5.57 Å². The van der Waals surface area contributed by atoms with Gasteiger partial charge in [-0.05, 0) is 29.7 Å². The van der Waals surface area contributed by atoms with Crippen molar-refractivity contribution < 1.29 is 0 Å². The quantitative estimate of drug-likeness (QED) is 0.721. The molecule has 82 valence electrons. The molecule has 1 aliphatic rings. The van der Waals surface area contributed by atoms with Crippen LogP contribution in [0.1, 0.15) is 12.0 Å². The molecular weight excluding hydrogens is 194 g/mol. The third kappa shape index (κ3) is 2.43. The van der Waals surface area contributed by atoms with Crippen molar-refractivity contribution in [3.8, 4) is 0 Å². The summed E-state index contributed by atoms with van der Waals surface area (Å²) in [5, 5.41) is 0. The summed E-state index contributed by atoms with van der Waals surface area (Å²) in [5.41, 5.74) is 3.78. The fourth-order valence-electron chi connectivity index (χ4n) is 1.72. The molecule has 1 nitrogen and oxygen atoms in total. The molecule has 0 unspecified atom stereocenters. The highest BCUT2D eigenvalue weighted by Gasteiger charge is 1.99. The fourth-order valence-corrected chi connectivity index (χ4v) is 1.72. The molecule has 0 fully saturated rings. The van der Waals surface area contributed by atoms with E-state index in [2.05, 4.69) is 73.6 Å². The first-order chi connectivity index (χ1) is 7.77. The molecule has 1 aliphatic carbocycles. The van der Waals surface area contributed by atoms with Gasteiger partial charge in [-0.15, -0.1) is 0 Å². The van der Waals surface area contributed by atoms with E-state index in [1.807, 2.05) is 0 Å². The SMILES string of the molecule is CN(C)c1ccc(C2=CC=CCC=C2)cc1. The Bertz CT molecular complexity index is 433. The minimum absolute atomic E-state index is 1.02. The smallest absolute Gasteiger partial charge is 0.0361 e. The Morgan fingerprint density at radius 2 is 1.75 bits per heavy atom. The molecular formula is C15H17N. The zero-order valence-corrected chi connectivity index (χ0v) is 9.85. The fraction of sp³-hybridized carbons (Fsp3) is 0.200. The van der Waals surface area contributed by atoms with Gasteiger partial charge < -0.3 is 4.90 Å². The van der Waals surface area contributed by atoms with Gasteiger partial charge in [-0.2, -0.15) is 0 Å². The zero-order valence-electron chi connectivity index (χ0n) is 9.85. The van der Waals surface area contributed by atoms with Gasteiger partial charge in [-0.3, -0.25) is 0 Å². The van der Waals surface area contributed by atoms with Gasteiger partial charge in [0, 0.05) is 19.8 Å². The predicted octanol–water partition coefficient (Wildman–Crippen LogP) is 3.65. The predicted molar refractivity (Wildman–Crippen MR) is 71.6 cm³/mol. The van der Waals surface area contributed by atoms with E-state index in [1.54, 1.807) is 0 Å². The van der Waals surface area contributed by atoms with Crippen molar-refractivity contribution in [3.05, 3.63) is 60.2 Å². The normalized spacial score (nSPS) is 14.5. The summed E-state index contributed by atoms with van der Waals surface area (Å²) in [4.78, 5) is 2.11. The zero-order chi connectivity index (χ0) is 11.4. The monoisotopic (exact) mass is 211 g/mol. The number of rotatable bonds is 2. The molecule has 0 saturated heterocycles. The number of anilines is 1. The molecule has 0 N–H and O–H groups in total. The lowest BCUT2D eigenvalue weighted by Crippen LogP contribution is -2.08. The van der Waals surface area contributed by atoms with Crippen molar-refractivity contribution in [2.24, 2.45) is 0 Å². The summed E-state index contributed by atoms with van der Waals surface area (Å²) >= 11 is 0. The molecule has 0 amide bonds. The number of allylic oxidation sites excluding steroid dienone is 6. The molecule has 0 aromatic heterocycles. The van der Waals surface area contributed by atoms with Crippen LogP contribution in [0.4, 0.5) is 5.69 Å². The maximum absolute atomic E-state index is 2.19. The van der Waals surface area contributed by atoms with Crippen molar-refractivity contribution in [2.75, 3.05) is 19.0 Å². The Morgan fingerprint density at radius 3 is 2.44 bits per heavy atom. The van der Waals surface area contributed by atoms with E-state index < -0.39 is 0 Å². The topological polar surface area (TPSA) is 3.24 Å². The summed E-state index contributed by atoms with van der Waals surface area (Å²) in [7, 11) is 4.12. The standard InChI is InChI=1S/C15H17N/c1-16(2)15-11-9-14(10-12-15)13-7-5-3-4-6-8-13/h3,5-12H,4H2,1-2H3. The summed E-state index contributed by atoms with van der Waals surface area (Å²) < 4.78 is 0. The summed E-state index contributed by atoms with van der Waals surface area (Å²) in [5.74, 6) is 0. The van der Waals surface area contributed by atoms with Crippen molar-refractivity contribution in [3.63, 3.8) is 0 Å². The Balaban J connectivity index is 2.27. The van der Waals surface area contributed by atoms with Crippen LogP contribution in [-0.2, 0) is 0 Å². The van der Waals surface area contributed by atoms with Crippen molar-refractivity contribution in [2.45, 2.75) is 6.42 Å². The third-order valence-corrected chi connectivity index (χ3v) is 2.70. The molecule has 1 heteroatoms. The Labute approximate surface area is 97.4 Å². The Morgan fingerprint density at radius 1 is 1.00 bits per heavy atom. The van der Waals surface area contributed by atoms with Gasteiger partial charge in [0.15, 0.2) is 0 Å². The van der Waals surface area contributed by atoms with Gasteiger partial charge >= 0.3 is 0 Å². The van der Waals surface area contributed by atoms with Crippen LogP contribution < -0.4 is 4.90 Å². The molecule has 0 atom stereocenters. The van der Waals surface area contributed by atoms with Gasteiger partial charge in [-0.25, -0.2) is 0 Å². The maximum Gasteiger partial charge on any atom is 0.0361 e. The average Bonchev–Trinajstić information content (AvgIpc) is 2.57. The van der Waals surface area contributed by atoms with E-state index in [-0.39, 0.29) is 0 Å². The van der Waals surface area contributed by atoms with E-state index in [4.69, 9.17) is 0 Å². The minimum Gasteiger partial charge on any atom is -0.378 e. The number of benzene rings is 1.